The minimum Gasteiger partial charge on any atom is -0.314 e. The fraction of sp³-hybridized carbons (Fsp3) is 0.211. The Kier molecular flexibility index (Phi) is 5.42. The maximum Gasteiger partial charge on any atom is 0.440 e. The van der Waals surface area contributed by atoms with Crippen molar-refractivity contribution in [1.82, 2.24) is 15.5 Å². The number of alkyl halides is 6. The molecule has 1 aliphatic heterocycles. The number of nitrogens with zero attached hydrogens (tertiary/aromatic N) is 1. The average molecular weight is 445 g/mol. The number of carbonyl (C=O) groups excluding carboxylic acids is 3. The Bertz CT molecular complexity index is 1020. The number of hydrogen-bond acceptors (Lipinski definition) is 3. The zero-order valence-electron chi connectivity index (χ0n) is 15.3. The minimum atomic E-state index is -5.48. The molecule has 0 aromatic heterocycles. The van der Waals surface area contributed by atoms with Gasteiger partial charge in [-0.05, 0) is 23.8 Å². The summed E-state index contributed by atoms with van der Waals surface area (Å²) in [6.07, 6.45) is -10.3. The Balaban J connectivity index is 1.93. The molecule has 2 aromatic carbocycles. The maximum absolute atomic E-state index is 13.8. The standard InChI is InChI=1S/C19H13F6N3O3/c20-18(21,22)13-8-4-7-12(9-13)14(29)26-17(19(23,24)25)15(30)28(16(31)27-17)10-11-5-2-1-3-6-11/h1-9H,10H2,(H,26,29)(H,27,31)/t17-/m0/s1. The lowest BCUT2D eigenvalue weighted by Crippen LogP contribution is -2.69. The van der Waals surface area contributed by atoms with E-state index >= 15 is 0 Å². The van der Waals surface area contributed by atoms with Gasteiger partial charge >= 0.3 is 18.4 Å². The molecule has 1 saturated heterocycles. The molecule has 1 atom stereocenters. The molecule has 1 heterocycles. The predicted molar refractivity (Wildman–Crippen MR) is 93.2 cm³/mol. The molecule has 0 unspecified atom stereocenters. The van der Waals surface area contributed by atoms with Gasteiger partial charge in [0.25, 0.3) is 17.5 Å². The molecular weight excluding hydrogens is 432 g/mol. The third-order valence-corrected chi connectivity index (χ3v) is 4.47. The van der Waals surface area contributed by atoms with Gasteiger partial charge in [0.1, 0.15) is 0 Å². The zero-order chi connectivity index (χ0) is 23.0. The van der Waals surface area contributed by atoms with E-state index in [4.69, 9.17) is 0 Å². The molecule has 2 aromatic rings. The van der Waals surface area contributed by atoms with E-state index < -0.39 is 53.5 Å². The number of imide groups is 1. The molecule has 1 fully saturated rings. The van der Waals surface area contributed by atoms with Gasteiger partial charge in [0, 0.05) is 5.56 Å². The highest BCUT2D eigenvalue weighted by Gasteiger charge is 2.68. The van der Waals surface area contributed by atoms with Crippen LogP contribution in [0.2, 0.25) is 0 Å². The van der Waals surface area contributed by atoms with Gasteiger partial charge in [0.05, 0.1) is 12.1 Å². The second kappa shape index (κ2) is 7.60. The fourth-order valence-corrected chi connectivity index (χ4v) is 2.91. The first-order valence-electron chi connectivity index (χ1n) is 8.60. The van der Waals surface area contributed by atoms with Crippen molar-refractivity contribution in [3.05, 3.63) is 71.3 Å². The summed E-state index contributed by atoms with van der Waals surface area (Å²) in [5, 5.41) is 2.80. The Morgan fingerprint density at radius 1 is 0.968 bits per heavy atom. The molecule has 1 aliphatic rings. The molecule has 6 nitrogen and oxygen atoms in total. The zero-order valence-corrected chi connectivity index (χ0v) is 15.3. The highest BCUT2D eigenvalue weighted by molar-refractivity contribution is 6.10. The number of halogens is 6. The molecule has 2 N–H and O–H groups in total. The largest absolute Gasteiger partial charge is 0.440 e. The van der Waals surface area contributed by atoms with Crippen molar-refractivity contribution in [1.29, 1.82) is 0 Å². The number of benzene rings is 2. The van der Waals surface area contributed by atoms with Gasteiger partial charge in [-0.15, -0.1) is 0 Å². The van der Waals surface area contributed by atoms with Crippen LogP contribution in [0.5, 0.6) is 0 Å². The topological polar surface area (TPSA) is 78.5 Å². The summed E-state index contributed by atoms with van der Waals surface area (Å²) >= 11 is 0. The van der Waals surface area contributed by atoms with E-state index in [1.165, 1.54) is 22.8 Å². The summed E-state index contributed by atoms with van der Waals surface area (Å²) in [6, 6.07) is 8.85. The molecule has 31 heavy (non-hydrogen) atoms. The Labute approximate surface area is 170 Å². The third-order valence-electron chi connectivity index (χ3n) is 4.47. The fourth-order valence-electron chi connectivity index (χ4n) is 2.91. The van der Waals surface area contributed by atoms with Crippen LogP contribution < -0.4 is 10.6 Å². The Morgan fingerprint density at radius 2 is 1.61 bits per heavy atom. The van der Waals surface area contributed by atoms with Crippen molar-refractivity contribution in [2.75, 3.05) is 0 Å². The van der Waals surface area contributed by atoms with Gasteiger partial charge in [-0.25, -0.2) is 4.79 Å². The predicted octanol–water partition coefficient (Wildman–Crippen LogP) is 3.45. The van der Waals surface area contributed by atoms with Crippen molar-refractivity contribution in [3.8, 4) is 0 Å². The molecule has 0 spiro atoms. The van der Waals surface area contributed by atoms with E-state index in [0.29, 0.717) is 17.7 Å². The summed E-state index contributed by atoms with van der Waals surface area (Å²) in [5.74, 6) is -3.44. The van der Waals surface area contributed by atoms with E-state index in [-0.39, 0.29) is 4.90 Å². The van der Waals surface area contributed by atoms with Crippen LogP contribution in [0.4, 0.5) is 31.1 Å². The summed E-state index contributed by atoms with van der Waals surface area (Å²) in [5.41, 5.74) is -5.53. The highest BCUT2D eigenvalue weighted by Crippen LogP contribution is 2.35. The van der Waals surface area contributed by atoms with E-state index in [1.807, 2.05) is 0 Å². The number of nitrogens with one attached hydrogen (secondary N) is 2. The number of hydrogen-bond donors (Lipinski definition) is 2. The van der Waals surface area contributed by atoms with Crippen LogP contribution in [0.15, 0.2) is 54.6 Å². The van der Waals surface area contributed by atoms with Crippen LogP contribution in [0.1, 0.15) is 21.5 Å². The van der Waals surface area contributed by atoms with Crippen molar-refractivity contribution >= 4 is 17.8 Å². The molecule has 4 amide bonds. The monoisotopic (exact) mass is 445 g/mol. The number of carbonyl (C=O) groups is 3. The quantitative estimate of drug-likeness (QED) is 0.559. The van der Waals surface area contributed by atoms with Crippen molar-refractivity contribution < 1.29 is 40.7 Å². The van der Waals surface area contributed by atoms with Gasteiger partial charge in [-0.1, -0.05) is 36.4 Å². The first kappa shape index (κ1) is 22.1. The first-order chi connectivity index (χ1) is 14.3. The minimum absolute atomic E-state index is 0.259. The smallest absolute Gasteiger partial charge is 0.314 e. The van der Waals surface area contributed by atoms with Crippen LogP contribution >= 0.6 is 0 Å². The molecule has 3 rings (SSSR count). The second-order valence-corrected chi connectivity index (χ2v) is 6.59. The summed E-state index contributed by atoms with van der Waals surface area (Å²) in [4.78, 5) is 37.4. The SMILES string of the molecule is O=C(N[C@]1(C(F)(F)F)NC(=O)N(Cc2ccccc2)C1=O)c1cccc(C(F)(F)F)c1. The van der Waals surface area contributed by atoms with Crippen LogP contribution in [-0.4, -0.2) is 34.6 Å². The van der Waals surface area contributed by atoms with Gasteiger partial charge in [-0.3, -0.25) is 19.8 Å². The Morgan fingerprint density at radius 3 is 2.19 bits per heavy atom. The van der Waals surface area contributed by atoms with Crippen LogP contribution in [0.25, 0.3) is 0 Å². The van der Waals surface area contributed by atoms with Gasteiger partial charge in [0.2, 0.25) is 0 Å². The summed E-state index contributed by atoms with van der Waals surface area (Å²) in [7, 11) is 0. The Hall–Kier alpha value is -3.57. The molecule has 0 saturated carbocycles. The molecule has 0 aliphatic carbocycles. The highest BCUT2D eigenvalue weighted by atomic mass is 19.4. The molecule has 0 radical (unpaired) electrons. The van der Waals surface area contributed by atoms with E-state index in [2.05, 4.69) is 0 Å². The number of amides is 4. The number of urea groups is 1. The molecule has 164 valence electrons. The lowest BCUT2D eigenvalue weighted by Gasteiger charge is -2.30. The van der Waals surface area contributed by atoms with Crippen LogP contribution in [0.3, 0.4) is 0 Å². The van der Waals surface area contributed by atoms with Gasteiger partial charge in [0.15, 0.2) is 0 Å². The van der Waals surface area contributed by atoms with Crippen molar-refractivity contribution in [3.63, 3.8) is 0 Å². The third kappa shape index (κ3) is 4.18. The normalized spacial score (nSPS) is 19.4. The molecule has 12 heteroatoms. The van der Waals surface area contributed by atoms with E-state index in [1.54, 1.807) is 18.2 Å². The van der Waals surface area contributed by atoms with E-state index in [0.717, 1.165) is 12.1 Å². The van der Waals surface area contributed by atoms with Gasteiger partial charge < -0.3 is 5.32 Å². The average Bonchev–Trinajstić information content (AvgIpc) is 2.93. The van der Waals surface area contributed by atoms with Crippen molar-refractivity contribution in [2.45, 2.75) is 24.6 Å². The number of rotatable bonds is 4. The second-order valence-electron chi connectivity index (χ2n) is 6.59. The van der Waals surface area contributed by atoms with Crippen LogP contribution in [0, 0.1) is 0 Å². The van der Waals surface area contributed by atoms with E-state index in [9.17, 15) is 40.7 Å². The van der Waals surface area contributed by atoms with Gasteiger partial charge in [-0.2, -0.15) is 26.3 Å². The van der Waals surface area contributed by atoms with Crippen molar-refractivity contribution in [2.24, 2.45) is 0 Å². The summed E-state index contributed by atoms with van der Waals surface area (Å²) in [6.45, 7) is -0.511. The lowest BCUT2D eigenvalue weighted by molar-refractivity contribution is -0.200. The summed E-state index contributed by atoms with van der Waals surface area (Å²) < 4.78 is 80.0. The molecule has 0 bridgehead atoms. The van der Waals surface area contributed by atoms with Crippen LogP contribution in [-0.2, 0) is 17.5 Å². The molecular formula is C19H13F6N3O3. The maximum atomic E-state index is 13.8. The first-order valence-corrected chi connectivity index (χ1v) is 8.60. The lowest BCUT2D eigenvalue weighted by atomic mass is 10.1.